The lowest BCUT2D eigenvalue weighted by Gasteiger charge is -2.28. The van der Waals surface area contributed by atoms with Gasteiger partial charge in [-0.2, -0.15) is 10.2 Å². The summed E-state index contributed by atoms with van der Waals surface area (Å²) in [5.74, 6) is 0. The first-order valence-corrected chi connectivity index (χ1v) is 7.96. The molecule has 24 heavy (non-hydrogen) atoms. The van der Waals surface area contributed by atoms with Gasteiger partial charge in [0.15, 0.2) is 5.65 Å². The summed E-state index contributed by atoms with van der Waals surface area (Å²) in [4.78, 5) is 21.5. The number of rotatable bonds is 2. The Hall–Kier alpha value is -2.58. The van der Waals surface area contributed by atoms with Crippen molar-refractivity contribution in [2.75, 3.05) is 13.1 Å². The van der Waals surface area contributed by atoms with E-state index < -0.39 is 0 Å². The zero-order valence-electron chi connectivity index (χ0n) is 13.3. The molecule has 0 saturated carbocycles. The van der Waals surface area contributed by atoms with Crippen LogP contribution < -0.4 is 5.56 Å². The number of pyridine rings is 1. The highest BCUT2D eigenvalue weighted by atomic mass is 16.5. The van der Waals surface area contributed by atoms with Crippen LogP contribution in [0.5, 0.6) is 0 Å². The van der Waals surface area contributed by atoms with E-state index in [1.165, 1.54) is 5.06 Å². The Morgan fingerprint density at radius 1 is 1.29 bits per heavy atom. The quantitative estimate of drug-likeness (QED) is 0.764. The molecule has 1 fully saturated rings. The van der Waals surface area contributed by atoms with Crippen molar-refractivity contribution in [1.29, 1.82) is 0 Å². The van der Waals surface area contributed by atoms with E-state index in [0.717, 1.165) is 18.5 Å². The molecular weight excluding hydrogens is 308 g/mol. The monoisotopic (exact) mass is 326 g/mol. The molecule has 0 radical (unpaired) electrons. The zero-order valence-corrected chi connectivity index (χ0v) is 13.3. The Balaban J connectivity index is 1.83. The number of aromatic nitrogens is 5. The molecule has 0 spiro atoms. The largest absolute Gasteiger partial charge is 0.314 e. The van der Waals surface area contributed by atoms with E-state index in [9.17, 15) is 10.0 Å². The first-order chi connectivity index (χ1) is 11.6. The molecule has 8 nitrogen and oxygen atoms in total. The standard InChI is InChI=1S/C16H18N6O2/c1-11-14-15(22(19-11)13-3-2-6-17-9-13)18-10-21(16(14)23)12-4-7-20(24)8-5-12/h2-3,6,9-10,12,24H,4-5,7-8H2,1H3. The first kappa shape index (κ1) is 15.0. The summed E-state index contributed by atoms with van der Waals surface area (Å²) in [6, 6.07) is 3.75. The third-order valence-electron chi connectivity index (χ3n) is 4.51. The topological polar surface area (TPSA) is 89.1 Å². The smallest absolute Gasteiger partial charge is 0.265 e. The Labute approximate surface area is 137 Å². The van der Waals surface area contributed by atoms with E-state index in [1.54, 1.807) is 28.0 Å². The minimum absolute atomic E-state index is 0.0546. The predicted molar refractivity (Wildman–Crippen MR) is 87.3 cm³/mol. The molecule has 0 aliphatic carbocycles. The lowest BCUT2D eigenvalue weighted by atomic mass is 10.1. The fraction of sp³-hybridized carbons (Fsp3) is 0.375. The highest BCUT2D eigenvalue weighted by Crippen LogP contribution is 2.22. The van der Waals surface area contributed by atoms with Gasteiger partial charge in [0, 0.05) is 25.3 Å². The van der Waals surface area contributed by atoms with Gasteiger partial charge in [0.2, 0.25) is 0 Å². The second-order valence-electron chi connectivity index (χ2n) is 6.05. The van der Waals surface area contributed by atoms with Gasteiger partial charge < -0.3 is 5.21 Å². The molecule has 8 heteroatoms. The maximum atomic E-state index is 13.0. The molecule has 0 aromatic carbocycles. The van der Waals surface area contributed by atoms with Crippen LogP contribution in [0, 0.1) is 6.92 Å². The number of aryl methyl sites for hydroxylation is 1. The summed E-state index contributed by atoms with van der Waals surface area (Å²) in [6.07, 6.45) is 6.42. The number of nitrogens with zero attached hydrogens (tertiary/aromatic N) is 6. The first-order valence-electron chi connectivity index (χ1n) is 7.96. The van der Waals surface area contributed by atoms with Crippen LogP contribution in [-0.2, 0) is 0 Å². The summed E-state index contributed by atoms with van der Waals surface area (Å²) >= 11 is 0. The van der Waals surface area contributed by atoms with Gasteiger partial charge in [0.1, 0.15) is 11.7 Å². The van der Waals surface area contributed by atoms with Crippen molar-refractivity contribution in [3.8, 4) is 5.69 Å². The van der Waals surface area contributed by atoms with Gasteiger partial charge in [-0.1, -0.05) is 0 Å². The fourth-order valence-corrected chi connectivity index (χ4v) is 3.23. The molecule has 0 unspecified atom stereocenters. The van der Waals surface area contributed by atoms with Gasteiger partial charge >= 0.3 is 0 Å². The number of hydroxylamine groups is 2. The summed E-state index contributed by atoms with van der Waals surface area (Å²) in [5, 5.41) is 15.8. The summed E-state index contributed by atoms with van der Waals surface area (Å²) < 4.78 is 3.33. The molecule has 1 aliphatic heterocycles. The van der Waals surface area contributed by atoms with Gasteiger partial charge in [0.25, 0.3) is 5.56 Å². The molecule has 0 amide bonds. The number of fused-ring (bicyclic) bond motifs is 1. The second kappa shape index (κ2) is 5.81. The van der Waals surface area contributed by atoms with E-state index in [0.29, 0.717) is 29.8 Å². The highest BCUT2D eigenvalue weighted by molar-refractivity contribution is 5.78. The molecule has 3 aromatic rings. The Bertz CT molecular complexity index is 925. The SMILES string of the molecule is Cc1nn(-c2cccnc2)c2ncn(C3CCN(O)CC3)c(=O)c12. The minimum Gasteiger partial charge on any atom is -0.314 e. The van der Waals surface area contributed by atoms with Crippen molar-refractivity contribution in [1.82, 2.24) is 29.4 Å². The van der Waals surface area contributed by atoms with Crippen LogP contribution in [0.1, 0.15) is 24.6 Å². The lowest BCUT2D eigenvalue weighted by Crippen LogP contribution is -2.35. The van der Waals surface area contributed by atoms with Crippen LogP contribution in [0.4, 0.5) is 0 Å². The van der Waals surface area contributed by atoms with Gasteiger partial charge in [0.05, 0.1) is 17.6 Å². The van der Waals surface area contributed by atoms with E-state index >= 15 is 0 Å². The number of piperidine rings is 1. The molecule has 1 saturated heterocycles. The van der Waals surface area contributed by atoms with Crippen LogP contribution in [0.3, 0.4) is 0 Å². The summed E-state index contributed by atoms with van der Waals surface area (Å²) in [6.45, 7) is 2.94. The van der Waals surface area contributed by atoms with Crippen LogP contribution in [0.2, 0.25) is 0 Å². The number of hydrogen-bond acceptors (Lipinski definition) is 6. The van der Waals surface area contributed by atoms with Crippen molar-refractivity contribution < 1.29 is 5.21 Å². The van der Waals surface area contributed by atoms with Crippen molar-refractivity contribution >= 4 is 11.0 Å². The van der Waals surface area contributed by atoms with E-state index in [-0.39, 0.29) is 11.6 Å². The molecule has 124 valence electrons. The third-order valence-corrected chi connectivity index (χ3v) is 4.51. The third kappa shape index (κ3) is 2.40. The molecule has 4 heterocycles. The van der Waals surface area contributed by atoms with Crippen LogP contribution in [0.15, 0.2) is 35.6 Å². The normalized spacial score (nSPS) is 16.8. The van der Waals surface area contributed by atoms with E-state index in [4.69, 9.17) is 0 Å². The van der Waals surface area contributed by atoms with Crippen LogP contribution >= 0.6 is 0 Å². The molecule has 4 rings (SSSR count). The summed E-state index contributed by atoms with van der Waals surface area (Å²) in [7, 11) is 0. The zero-order chi connectivity index (χ0) is 16.7. The average Bonchev–Trinajstić information content (AvgIpc) is 2.95. The van der Waals surface area contributed by atoms with Gasteiger partial charge in [-0.05, 0) is 31.9 Å². The molecule has 0 atom stereocenters. The predicted octanol–water partition coefficient (Wildman–Crippen LogP) is 1.31. The molecule has 3 aromatic heterocycles. The van der Waals surface area contributed by atoms with Crippen molar-refractivity contribution in [3.63, 3.8) is 0 Å². The Morgan fingerprint density at radius 3 is 2.79 bits per heavy atom. The van der Waals surface area contributed by atoms with Crippen molar-refractivity contribution in [3.05, 3.63) is 46.9 Å². The van der Waals surface area contributed by atoms with Crippen molar-refractivity contribution in [2.45, 2.75) is 25.8 Å². The van der Waals surface area contributed by atoms with Crippen LogP contribution in [-0.4, -0.2) is 47.7 Å². The Morgan fingerprint density at radius 2 is 2.08 bits per heavy atom. The van der Waals surface area contributed by atoms with Crippen molar-refractivity contribution in [2.24, 2.45) is 0 Å². The molecule has 1 aliphatic rings. The highest BCUT2D eigenvalue weighted by Gasteiger charge is 2.23. The van der Waals surface area contributed by atoms with Gasteiger partial charge in [-0.25, -0.2) is 9.67 Å². The van der Waals surface area contributed by atoms with Gasteiger partial charge in [-0.15, -0.1) is 0 Å². The van der Waals surface area contributed by atoms with E-state index in [2.05, 4.69) is 15.1 Å². The maximum Gasteiger partial charge on any atom is 0.265 e. The summed E-state index contributed by atoms with van der Waals surface area (Å²) in [5.41, 5.74) is 1.89. The molecule has 0 bridgehead atoms. The fourth-order valence-electron chi connectivity index (χ4n) is 3.23. The minimum atomic E-state index is -0.0796. The molecule has 1 N–H and O–H groups in total. The number of hydrogen-bond donors (Lipinski definition) is 1. The average molecular weight is 326 g/mol. The maximum absolute atomic E-state index is 13.0. The van der Waals surface area contributed by atoms with Crippen LogP contribution in [0.25, 0.3) is 16.7 Å². The second-order valence-corrected chi connectivity index (χ2v) is 6.05. The Kier molecular flexibility index (Phi) is 3.62. The molecular formula is C16H18N6O2. The van der Waals surface area contributed by atoms with Gasteiger partial charge in [-0.3, -0.25) is 14.3 Å². The van der Waals surface area contributed by atoms with E-state index in [1.807, 2.05) is 19.1 Å². The lowest BCUT2D eigenvalue weighted by molar-refractivity contribution is -0.110.